The van der Waals surface area contributed by atoms with E-state index in [0.29, 0.717) is 28.0 Å². The number of nitrogen functional groups attached to an aromatic ring is 1. The Balaban J connectivity index is 1.95. The number of amides is 1. The molecule has 5 nitrogen and oxygen atoms in total. The van der Waals surface area contributed by atoms with Crippen molar-refractivity contribution in [2.24, 2.45) is 0 Å². The molecule has 2 aromatic carbocycles. The van der Waals surface area contributed by atoms with E-state index in [1.165, 1.54) is 0 Å². The summed E-state index contributed by atoms with van der Waals surface area (Å²) < 4.78 is 0. The molecule has 0 saturated carbocycles. The number of aryl methyl sites for hydroxylation is 1. The molecule has 104 valence electrons. The van der Waals surface area contributed by atoms with E-state index in [-0.39, 0.29) is 5.91 Å². The fourth-order valence-corrected chi connectivity index (χ4v) is 2.13. The van der Waals surface area contributed by atoms with Crippen LogP contribution in [0.15, 0.2) is 48.8 Å². The zero-order chi connectivity index (χ0) is 14.8. The molecule has 21 heavy (non-hydrogen) atoms. The van der Waals surface area contributed by atoms with Crippen LogP contribution >= 0.6 is 0 Å². The van der Waals surface area contributed by atoms with Gasteiger partial charge in [-0.3, -0.25) is 14.8 Å². The molecule has 3 aromatic rings. The monoisotopic (exact) mass is 278 g/mol. The zero-order valence-electron chi connectivity index (χ0n) is 11.5. The normalized spacial score (nSPS) is 10.5. The molecule has 0 radical (unpaired) electrons. The predicted molar refractivity (Wildman–Crippen MR) is 83.1 cm³/mol. The first-order valence-electron chi connectivity index (χ1n) is 6.52. The van der Waals surface area contributed by atoms with Crippen LogP contribution in [0.5, 0.6) is 0 Å². The van der Waals surface area contributed by atoms with Gasteiger partial charge in [0.25, 0.3) is 5.91 Å². The Bertz CT molecular complexity index is 824. The van der Waals surface area contributed by atoms with Gasteiger partial charge in [0.2, 0.25) is 0 Å². The Morgan fingerprint density at radius 2 is 1.95 bits per heavy atom. The van der Waals surface area contributed by atoms with Crippen LogP contribution in [-0.4, -0.2) is 15.9 Å². The van der Waals surface area contributed by atoms with E-state index in [1.807, 2.05) is 19.1 Å². The molecule has 0 saturated heterocycles. The van der Waals surface area contributed by atoms with Gasteiger partial charge >= 0.3 is 0 Å². The summed E-state index contributed by atoms with van der Waals surface area (Å²) >= 11 is 0. The maximum absolute atomic E-state index is 12.4. The standard InChI is InChI=1S/C16H14N4O/c1-10-9-11(5-6-13(10)17)20-16(21)12-3-2-4-14-15(12)19-8-7-18-14/h2-9H,17H2,1H3,(H,20,21). The summed E-state index contributed by atoms with van der Waals surface area (Å²) in [6, 6.07) is 10.7. The van der Waals surface area contributed by atoms with Crippen molar-refractivity contribution in [1.29, 1.82) is 0 Å². The first kappa shape index (κ1) is 13.1. The van der Waals surface area contributed by atoms with Crippen LogP contribution in [0.4, 0.5) is 11.4 Å². The molecular weight excluding hydrogens is 264 g/mol. The predicted octanol–water partition coefficient (Wildman–Crippen LogP) is 2.77. The van der Waals surface area contributed by atoms with Crippen molar-refractivity contribution in [3.63, 3.8) is 0 Å². The van der Waals surface area contributed by atoms with Crippen molar-refractivity contribution in [2.45, 2.75) is 6.92 Å². The number of nitrogens with zero attached hydrogens (tertiary/aromatic N) is 2. The van der Waals surface area contributed by atoms with Crippen molar-refractivity contribution in [3.8, 4) is 0 Å². The SMILES string of the molecule is Cc1cc(NC(=O)c2cccc3nccnc23)ccc1N. The summed E-state index contributed by atoms with van der Waals surface area (Å²) in [5.74, 6) is -0.217. The molecule has 0 fully saturated rings. The number of carbonyl (C=O) groups excluding carboxylic acids is 1. The Kier molecular flexibility index (Phi) is 3.23. The average molecular weight is 278 g/mol. The Hall–Kier alpha value is -2.95. The van der Waals surface area contributed by atoms with Gasteiger partial charge in [0.1, 0.15) is 5.52 Å². The fourth-order valence-electron chi connectivity index (χ4n) is 2.13. The largest absolute Gasteiger partial charge is 0.399 e. The van der Waals surface area contributed by atoms with E-state index < -0.39 is 0 Å². The van der Waals surface area contributed by atoms with Crippen molar-refractivity contribution >= 4 is 28.3 Å². The number of para-hydroxylation sites is 1. The van der Waals surface area contributed by atoms with Crippen LogP contribution in [0, 0.1) is 6.92 Å². The molecule has 3 rings (SSSR count). The zero-order valence-corrected chi connectivity index (χ0v) is 11.5. The number of nitrogens with one attached hydrogen (secondary N) is 1. The van der Waals surface area contributed by atoms with Crippen LogP contribution in [-0.2, 0) is 0 Å². The highest BCUT2D eigenvalue weighted by atomic mass is 16.1. The highest BCUT2D eigenvalue weighted by Gasteiger charge is 2.11. The number of aromatic nitrogens is 2. The van der Waals surface area contributed by atoms with Gasteiger partial charge in [0.05, 0.1) is 11.1 Å². The van der Waals surface area contributed by atoms with E-state index in [2.05, 4.69) is 15.3 Å². The number of benzene rings is 2. The van der Waals surface area contributed by atoms with Gasteiger partial charge in [-0.1, -0.05) is 6.07 Å². The fraction of sp³-hybridized carbons (Fsp3) is 0.0625. The third kappa shape index (κ3) is 2.53. The van der Waals surface area contributed by atoms with E-state index >= 15 is 0 Å². The topological polar surface area (TPSA) is 80.9 Å². The minimum absolute atomic E-state index is 0.217. The average Bonchev–Trinajstić information content (AvgIpc) is 2.50. The minimum atomic E-state index is -0.217. The molecule has 0 aliphatic carbocycles. The second kappa shape index (κ2) is 5.20. The maximum atomic E-state index is 12.4. The third-order valence-electron chi connectivity index (χ3n) is 3.27. The Morgan fingerprint density at radius 3 is 2.76 bits per heavy atom. The number of nitrogens with two attached hydrogens (primary N) is 1. The van der Waals surface area contributed by atoms with Gasteiger partial charge < -0.3 is 11.1 Å². The van der Waals surface area contributed by atoms with Crippen LogP contribution < -0.4 is 11.1 Å². The number of rotatable bonds is 2. The number of hydrogen-bond acceptors (Lipinski definition) is 4. The van der Waals surface area contributed by atoms with Crippen molar-refractivity contribution in [1.82, 2.24) is 9.97 Å². The number of hydrogen-bond donors (Lipinski definition) is 2. The summed E-state index contributed by atoms with van der Waals surface area (Å²) in [5, 5.41) is 2.86. The lowest BCUT2D eigenvalue weighted by molar-refractivity contribution is 0.102. The summed E-state index contributed by atoms with van der Waals surface area (Å²) in [6.07, 6.45) is 3.18. The highest BCUT2D eigenvalue weighted by molar-refractivity contribution is 6.11. The molecule has 0 bridgehead atoms. The van der Waals surface area contributed by atoms with Crippen LogP contribution in [0.1, 0.15) is 15.9 Å². The van der Waals surface area contributed by atoms with Crippen molar-refractivity contribution in [2.75, 3.05) is 11.1 Å². The summed E-state index contributed by atoms with van der Waals surface area (Å²) in [5.41, 5.74) is 9.87. The smallest absolute Gasteiger partial charge is 0.257 e. The molecule has 1 heterocycles. The highest BCUT2D eigenvalue weighted by Crippen LogP contribution is 2.19. The Morgan fingerprint density at radius 1 is 1.14 bits per heavy atom. The van der Waals surface area contributed by atoms with Crippen LogP contribution in [0.3, 0.4) is 0 Å². The maximum Gasteiger partial charge on any atom is 0.257 e. The molecule has 0 atom stereocenters. The molecular formula is C16H14N4O. The van der Waals surface area contributed by atoms with Gasteiger partial charge in [-0.25, -0.2) is 0 Å². The summed E-state index contributed by atoms with van der Waals surface area (Å²) in [4.78, 5) is 20.8. The lowest BCUT2D eigenvalue weighted by Gasteiger charge is -2.08. The molecule has 1 amide bonds. The van der Waals surface area contributed by atoms with E-state index in [4.69, 9.17) is 5.73 Å². The second-order valence-corrected chi connectivity index (χ2v) is 4.76. The first-order chi connectivity index (χ1) is 10.1. The Labute approximate surface area is 121 Å². The first-order valence-corrected chi connectivity index (χ1v) is 6.52. The molecule has 0 spiro atoms. The summed E-state index contributed by atoms with van der Waals surface area (Å²) in [6.45, 7) is 1.90. The van der Waals surface area contributed by atoms with E-state index in [1.54, 1.807) is 36.7 Å². The number of fused-ring (bicyclic) bond motifs is 1. The van der Waals surface area contributed by atoms with Crippen molar-refractivity contribution in [3.05, 3.63) is 59.9 Å². The van der Waals surface area contributed by atoms with E-state index in [9.17, 15) is 4.79 Å². The van der Waals surface area contributed by atoms with Crippen LogP contribution in [0.2, 0.25) is 0 Å². The van der Waals surface area contributed by atoms with Gasteiger partial charge in [-0.05, 0) is 42.8 Å². The van der Waals surface area contributed by atoms with Crippen LogP contribution in [0.25, 0.3) is 11.0 Å². The molecule has 1 aromatic heterocycles. The number of anilines is 2. The quantitative estimate of drug-likeness (QED) is 0.706. The summed E-state index contributed by atoms with van der Waals surface area (Å²) in [7, 11) is 0. The van der Waals surface area contributed by atoms with Gasteiger partial charge in [-0.15, -0.1) is 0 Å². The van der Waals surface area contributed by atoms with Gasteiger partial charge in [-0.2, -0.15) is 0 Å². The van der Waals surface area contributed by atoms with Gasteiger partial charge in [0.15, 0.2) is 0 Å². The molecule has 5 heteroatoms. The molecule has 0 aliphatic heterocycles. The third-order valence-corrected chi connectivity index (χ3v) is 3.27. The second-order valence-electron chi connectivity index (χ2n) is 4.76. The minimum Gasteiger partial charge on any atom is -0.399 e. The van der Waals surface area contributed by atoms with Gasteiger partial charge in [0, 0.05) is 23.8 Å². The lowest BCUT2D eigenvalue weighted by Crippen LogP contribution is -2.13. The lowest BCUT2D eigenvalue weighted by atomic mass is 10.1. The molecule has 0 aliphatic rings. The molecule has 0 unspecified atom stereocenters. The van der Waals surface area contributed by atoms with Crippen molar-refractivity contribution < 1.29 is 4.79 Å². The molecule has 3 N–H and O–H groups in total. The van der Waals surface area contributed by atoms with E-state index in [0.717, 1.165) is 5.56 Å². The number of carbonyl (C=O) groups is 1.